The smallest absolute Gasteiger partial charge is 0.463 e. The summed E-state index contributed by atoms with van der Waals surface area (Å²) in [6, 6.07) is 0. The highest BCUT2D eigenvalue weighted by Gasteiger charge is 2.30. The maximum atomic E-state index is 13.1. The number of rotatable bonds is 93. The maximum absolute atomic E-state index is 13.1. The van der Waals surface area contributed by atoms with Crippen molar-refractivity contribution < 1.29 is 75.8 Å². The molecule has 0 aliphatic carbocycles. The molecular weight excluding hydrogens is 1600 g/mol. The summed E-state index contributed by atoms with van der Waals surface area (Å²) in [5.41, 5.74) is 0. The van der Waals surface area contributed by atoms with E-state index < -0.39 is 91.5 Å². The van der Waals surface area contributed by atoms with Crippen LogP contribution in [0.5, 0.6) is 0 Å². The first-order valence-electron chi connectivity index (χ1n) is 49.7. The molecule has 0 aromatic rings. The van der Waals surface area contributed by atoms with Crippen molar-refractivity contribution in [2.24, 2.45) is 0 Å². The van der Waals surface area contributed by atoms with Crippen molar-refractivity contribution in [2.75, 3.05) is 39.6 Å². The topological polar surface area (TPSA) is 231 Å². The molecule has 0 radical (unpaired) electrons. The van der Waals surface area contributed by atoms with Gasteiger partial charge in [-0.15, -0.1) is 0 Å². The lowest BCUT2D eigenvalue weighted by atomic mass is 10.0. The van der Waals surface area contributed by atoms with Gasteiger partial charge in [0.1, 0.15) is 25.4 Å². The van der Waals surface area contributed by atoms with Gasteiger partial charge in [-0.25, -0.2) is 9.13 Å². The van der Waals surface area contributed by atoms with Crippen LogP contribution in [0.25, 0.3) is 0 Å². The molecule has 16 nitrogen and oxygen atoms in total. The monoisotopic (exact) mass is 1780 g/mol. The summed E-state index contributed by atoms with van der Waals surface area (Å²) in [5.74, 6) is -1.59. The third-order valence-electron chi connectivity index (χ3n) is 20.8. The highest BCUT2D eigenvalue weighted by Crippen LogP contribution is 2.45. The van der Waals surface area contributed by atoms with Gasteiger partial charge in [0.15, 0.2) is 6.10 Å². The SMILES string of the molecule is CC/C=C\C/C=C\C/C=C\C/C=C\C/C=C\C/C=C\CCCCCCCCCCCCCCCCCCC(=O)OCC(O)COP(=O)(O)OCC(O)COP(=O)(O)OCC(COC(=O)CCCCCCCCCCCCCCCCCCC/C=C\C/C=C\C/C=C\C/C=C\C/C=C\CC)OC(=O)CCCCCCC/C=C\C/C=C\C/C=C\C/C=C\C/C=C\CC. The molecule has 5 atom stereocenters. The number of phosphoric acid groups is 2. The fourth-order valence-electron chi connectivity index (χ4n) is 13.4. The molecule has 0 aromatic carbocycles. The van der Waals surface area contributed by atoms with E-state index in [-0.39, 0.29) is 19.3 Å². The highest BCUT2D eigenvalue weighted by atomic mass is 31.2. The van der Waals surface area contributed by atoms with Crippen molar-refractivity contribution in [3.8, 4) is 0 Å². The number of aliphatic hydroxyl groups is 2. The quantitative estimate of drug-likeness (QED) is 0.0146. The van der Waals surface area contributed by atoms with E-state index in [4.69, 9.17) is 32.3 Å². The van der Waals surface area contributed by atoms with Crippen molar-refractivity contribution >= 4 is 33.6 Å². The Morgan fingerprint density at radius 1 is 0.224 bits per heavy atom. The molecular formula is C107H180O16P2. The minimum absolute atomic E-state index is 0.0788. The van der Waals surface area contributed by atoms with Crippen LogP contribution in [0, 0.1) is 0 Å². The van der Waals surface area contributed by atoms with E-state index in [0.717, 1.165) is 173 Å². The summed E-state index contributed by atoms with van der Waals surface area (Å²) >= 11 is 0. The van der Waals surface area contributed by atoms with Gasteiger partial charge in [-0.2, -0.15) is 0 Å². The lowest BCUT2D eigenvalue weighted by Crippen LogP contribution is -2.30. The molecule has 0 saturated heterocycles. The average Bonchev–Trinajstić information content (AvgIpc) is 0.895. The van der Waals surface area contributed by atoms with E-state index in [1.165, 1.54) is 173 Å². The lowest BCUT2D eigenvalue weighted by molar-refractivity contribution is -0.161. The predicted octanol–water partition coefficient (Wildman–Crippen LogP) is 31.3. The molecule has 0 aromatic heterocycles. The zero-order valence-corrected chi connectivity index (χ0v) is 80.7. The van der Waals surface area contributed by atoms with Crippen LogP contribution < -0.4 is 0 Å². The second kappa shape index (κ2) is 97.4. The molecule has 0 aliphatic heterocycles. The average molecular weight is 1780 g/mol. The first kappa shape index (κ1) is 119. The molecule has 0 saturated carbocycles. The largest absolute Gasteiger partial charge is 0.472 e. The molecule has 125 heavy (non-hydrogen) atoms. The molecule has 0 rings (SSSR count). The Hall–Kier alpha value is -5.61. The van der Waals surface area contributed by atoms with Gasteiger partial charge < -0.3 is 34.2 Å². The lowest BCUT2D eigenvalue weighted by Gasteiger charge is -2.21. The molecule has 714 valence electrons. The van der Waals surface area contributed by atoms with E-state index >= 15 is 0 Å². The fourth-order valence-corrected chi connectivity index (χ4v) is 15.0. The van der Waals surface area contributed by atoms with Crippen LogP contribution in [0.3, 0.4) is 0 Å². The summed E-state index contributed by atoms with van der Waals surface area (Å²) in [5, 5.41) is 20.8. The molecule has 0 fully saturated rings. The number of unbranched alkanes of at least 4 members (excludes halogenated alkanes) is 38. The van der Waals surface area contributed by atoms with E-state index in [0.29, 0.717) is 19.3 Å². The van der Waals surface area contributed by atoms with Gasteiger partial charge in [-0.05, 0) is 161 Å². The summed E-state index contributed by atoms with van der Waals surface area (Å²) in [4.78, 5) is 59.1. The first-order valence-corrected chi connectivity index (χ1v) is 52.7. The molecule has 0 aliphatic rings. The number of carbonyl (C=O) groups excluding carboxylic acids is 3. The molecule has 0 amide bonds. The minimum Gasteiger partial charge on any atom is -0.463 e. The van der Waals surface area contributed by atoms with E-state index in [2.05, 4.69) is 215 Å². The summed E-state index contributed by atoms with van der Waals surface area (Å²) in [6.07, 6.45) is 131. The molecule has 0 bridgehead atoms. The second-order valence-electron chi connectivity index (χ2n) is 32.8. The number of carbonyl (C=O) groups is 3. The second-order valence-corrected chi connectivity index (χ2v) is 35.7. The Bertz CT molecular complexity index is 3050. The normalized spacial score (nSPS) is 14.5. The number of allylic oxidation sites excluding steroid dienone is 32. The Balaban J connectivity index is 4.54. The van der Waals surface area contributed by atoms with Crippen LogP contribution in [0.15, 0.2) is 194 Å². The predicted molar refractivity (Wildman–Crippen MR) is 528 cm³/mol. The van der Waals surface area contributed by atoms with Crippen molar-refractivity contribution in [2.45, 2.75) is 424 Å². The van der Waals surface area contributed by atoms with Crippen molar-refractivity contribution in [1.82, 2.24) is 0 Å². The van der Waals surface area contributed by atoms with Crippen LogP contribution in [0.2, 0.25) is 0 Å². The van der Waals surface area contributed by atoms with Crippen LogP contribution >= 0.6 is 15.6 Å². The zero-order chi connectivity index (χ0) is 90.7. The van der Waals surface area contributed by atoms with E-state index in [9.17, 15) is 43.5 Å². The van der Waals surface area contributed by atoms with Gasteiger partial charge in [0, 0.05) is 19.3 Å². The third-order valence-corrected chi connectivity index (χ3v) is 22.7. The van der Waals surface area contributed by atoms with Gasteiger partial charge in [0.2, 0.25) is 0 Å². The van der Waals surface area contributed by atoms with Crippen LogP contribution in [0.4, 0.5) is 0 Å². The van der Waals surface area contributed by atoms with Gasteiger partial charge in [-0.1, -0.05) is 421 Å². The number of esters is 3. The van der Waals surface area contributed by atoms with Crippen molar-refractivity contribution in [3.63, 3.8) is 0 Å². The van der Waals surface area contributed by atoms with Crippen LogP contribution in [-0.2, 0) is 55.8 Å². The molecule has 4 N–H and O–H groups in total. The summed E-state index contributed by atoms with van der Waals surface area (Å²) < 4.78 is 61.6. The van der Waals surface area contributed by atoms with Crippen LogP contribution in [0.1, 0.15) is 406 Å². The fraction of sp³-hybridized carbons (Fsp3) is 0.673. The van der Waals surface area contributed by atoms with Crippen LogP contribution in [-0.4, -0.2) is 95.9 Å². The Labute approximate surface area is 763 Å². The van der Waals surface area contributed by atoms with Gasteiger partial charge in [0.05, 0.1) is 26.4 Å². The minimum atomic E-state index is -4.95. The van der Waals surface area contributed by atoms with E-state index in [1.54, 1.807) is 0 Å². The number of hydrogen-bond donors (Lipinski definition) is 4. The zero-order valence-electron chi connectivity index (χ0n) is 79.0. The number of phosphoric ester groups is 2. The first-order chi connectivity index (χ1) is 61.2. The van der Waals surface area contributed by atoms with E-state index in [1.807, 2.05) is 0 Å². The number of ether oxygens (including phenoxy) is 3. The molecule has 5 unspecified atom stereocenters. The Kier molecular flexibility index (Phi) is 93.1. The summed E-state index contributed by atoms with van der Waals surface area (Å²) in [6.45, 7) is 2.37. The number of hydrogen-bond acceptors (Lipinski definition) is 14. The molecule has 0 heterocycles. The third kappa shape index (κ3) is 98.8. The van der Waals surface area contributed by atoms with Crippen molar-refractivity contribution in [1.29, 1.82) is 0 Å². The van der Waals surface area contributed by atoms with Gasteiger partial charge in [-0.3, -0.25) is 32.5 Å². The highest BCUT2D eigenvalue weighted by molar-refractivity contribution is 7.47. The standard InChI is InChI=1S/C107H180O16P2/c1-4-7-10-13-16-19-22-25-28-31-34-37-39-41-43-45-47-49-50-52-54-55-57-59-61-64-66-69-72-75-78-81-84-87-90-93-105(110)117-96-102(108)97-119-124(113,114)120-98-103(109)99-121-125(115,116)122-101-104(123-107(112)95-92-89-86-83-80-77-74-71-68-63-36-33-30-27-24-21-18-15-12-9-6-3)100-118-106(111)94-91-88-85-82-79-76-73-70-67-65-62-60-58-56-53-51-48-46-44-42-40-38-35-32-29-26-23-20-17-14-11-8-5-2/h7-12,16-21,25-30,34-38,41-44,47,49,63,71,74,102-104,108-109H,4-6,13-15,22-24,31-33,39-40,45-46,48,50-62,64-70,72-73,75-101H2,1-3H3,(H,113,114)(H,115,116)/b10-7-,11-8-,12-9-,19-16-,20-17-,21-18-,28-25-,29-26-,30-27-,37-34-,38-35-,43-41-,44-42-,49-47-,63-36-,74-71-. The molecule has 18 heteroatoms. The molecule has 0 spiro atoms. The number of aliphatic hydroxyl groups excluding tert-OH is 2. The summed E-state index contributed by atoms with van der Waals surface area (Å²) in [7, 11) is -9.82. The Morgan fingerprint density at radius 3 is 0.632 bits per heavy atom. The maximum Gasteiger partial charge on any atom is 0.472 e. The van der Waals surface area contributed by atoms with Gasteiger partial charge in [0.25, 0.3) is 0 Å². The Morgan fingerprint density at radius 2 is 0.400 bits per heavy atom. The van der Waals surface area contributed by atoms with Crippen molar-refractivity contribution in [3.05, 3.63) is 194 Å². The van der Waals surface area contributed by atoms with Gasteiger partial charge >= 0.3 is 33.6 Å².